The van der Waals surface area contributed by atoms with Gasteiger partial charge in [-0.05, 0) is 42.3 Å². The van der Waals surface area contributed by atoms with Gasteiger partial charge in [-0.15, -0.1) is 0 Å². The molecule has 1 fully saturated rings. The smallest absolute Gasteiger partial charge is 0.312 e. The van der Waals surface area contributed by atoms with E-state index < -0.39 is 35.1 Å². The van der Waals surface area contributed by atoms with Crippen LogP contribution in [0.1, 0.15) is 29.7 Å². The highest BCUT2D eigenvalue weighted by Gasteiger charge is 2.61. The first-order chi connectivity index (χ1) is 13.5. The van der Waals surface area contributed by atoms with E-state index in [0.29, 0.717) is 11.3 Å². The summed E-state index contributed by atoms with van der Waals surface area (Å²) in [5.41, 5.74) is -1.58. The number of aryl methyl sites for hydroxylation is 1. The summed E-state index contributed by atoms with van der Waals surface area (Å²) in [5, 5.41) is 4.66. The van der Waals surface area contributed by atoms with E-state index in [9.17, 15) is 27.6 Å². The van der Waals surface area contributed by atoms with Crippen molar-refractivity contribution in [1.29, 1.82) is 0 Å². The number of urea groups is 1. The number of carbonyl (C=O) groups excluding carboxylic acids is 3. The van der Waals surface area contributed by atoms with E-state index in [0.717, 1.165) is 12.1 Å². The lowest BCUT2D eigenvalue weighted by Crippen LogP contribution is -2.52. The molecule has 0 saturated carbocycles. The lowest BCUT2D eigenvalue weighted by atomic mass is 9.90. The van der Waals surface area contributed by atoms with Crippen LogP contribution in [0.5, 0.6) is 0 Å². The Morgan fingerprint density at radius 1 is 1.13 bits per heavy atom. The van der Waals surface area contributed by atoms with Crippen molar-refractivity contribution >= 4 is 35.1 Å². The number of alkyl halides is 3. The van der Waals surface area contributed by atoms with Crippen LogP contribution in [0.4, 0.5) is 23.7 Å². The molecule has 4 amide bonds. The Bertz CT molecular complexity index is 1090. The molecule has 6 nitrogen and oxygen atoms in total. The number of halogens is 4. The molecule has 2 N–H and O–H groups in total. The zero-order valence-electron chi connectivity index (χ0n) is 14.9. The van der Waals surface area contributed by atoms with Gasteiger partial charge in [0.05, 0.1) is 17.8 Å². The third-order valence-electron chi connectivity index (χ3n) is 4.97. The summed E-state index contributed by atoms with van der Waals surface area (Å²) >= 11 is 6.10. The Morgan fingerprint density at radius 2 is 1.83 bits per heavy atom. The number of hydrogen-bond donors (Lipinski definition) is 2. The third-order valence-corrected chi connectivity index (χ3v) is 5.19. The molecule has 2 aliphatic rings. The molecule has 2 aliphatic heterocycles. The Labute approximate surface area is 175 Å². The van der Waals surface area contributed by atoms with Gasteiger partial charge in [-0.3, -0.25) is 14.9 Å². The molecule has 2 heterocycles. The van der Waals surface area contributed by atoms with Crippen molar-refractivity contribution in [3.05, 3.63) is 63.7 Å². The molecule has 1 atom stereocenters. The monoisotopic (exact) mass is 439 g/mol. The SMILES string of the molecule is C.Cc1cc(Cl)cc2c1N(Cc1cccc(C(F)(F)F)c1)C(=O)C21NC(=O)NC1=O. The number of fused-ring (bicyclic) bond motifs is 2. The van der Waals surface area contributed by atoms with Crippen molar-refractivity contribution in [1.82, 2.24) is 10.6 Å². The van der Waals surface area contributed by atoms with Crippen LogP contribution in [0.3, 0.4) is 0 Å². The van der Waals surface area contributed by atoms with Crippen LogP contribution in [0.25, 0.3) is 0 Å². The second kappa shape index (κ2) is 7.02. The average Bonchev–Trinajstić information content (AvgIpc) is 3.04. The highest BCUT2D eigenvalue weighted by atomic mass is 35.5. The number of imide groups is 1. The maximum atomic E-state index is 13.3. The normalized spacial score (nSPS) is 20.2. The topological polar surface area (TPSA) is 78.5 Å². The fraction of sp³-hybridized carbons (Fsp3) is 0.250. The lowest BCUT2D eigenvalue weighted by Gasteiger charge is -2.22. The average molecular weight is 440 g/mol. The molecule has 1 saturated heterocycles. The minimum absolute atomic E-state index is 0. The summed E-state index contributed by atoms with van der Waals surface area (Å²) in [6, 6.07) is 6.70. The molecule has 4 rings (SSSR count). The van der Waals surface area contributed by atoms with Gasteiger partial charge < -0.3 is 10.2 Å². The zero-order chi connectivity index (χ0) is 21.1. The quantitative estimate of drug-likeness (QED) is 0.550. The van der Waals surface area contributed by atoms with Crippen molar-refractivity contribution in [2.45, 2.75) is 32.6 Å². The number of anilines is 1. The summed E-state index contributed by atoms with van der Waals surface area (Å²) in [6.45, 7) is 1.44. The summed E-state index contributed by atoms with van der Waals surface area (Å²) in [7, 11) is 0. The van der Waals surface area contributed by atoms with Crippen LogP contribution in [-0.4, -0.2) is 17.8 Å². The zero-order valence-corrected chi connectivity index (χ0v) is 15.6. The Kier molecular flexibility index (Phi) is 5.06. The molecule has 0 aliphatic carbocycles. The summed E-state index contributed by atoms with van der Waals surface area (Å²) in [5.74, 6) is -1.62. The van der Waals surface area contributed by atoms with Gasteiger partial charge in [0.1, 0.15) is 0 Å². The van der Waals surface area contributed by atoms with Crippen LogP contribution < -0.4 is 15.5 Å². The molecular formula is C20H17ClF3N3O3. The van der Waals surface area contributed by atoms with Gasteiger partial charge in [0.2, 0.25) is 5.54 Å². The molecule has 10 heteroatoms. The second-order valence-electron chi connectivity index (χ2n) is 6.87. The van der Waals surface area contributed by atoms with Gasteiger partial charge >= 0.3 is 12.2 Å². The van der Waals surface area contributed by atoms with Crippen LogP contribution in [-0.2, 0) is 27.8 Å². The molecular weight excluding hydrogens is 423 g/mol. The maximum Gasteiger partial charge on any atom is 0.416 e. The van der Waals surface area contributed by atoms with Crippen molar-refractivity contribution < 1.29 is 27.6 Å². The fourth-order valence-electron chi connectivity index (χ4n) is 3.77. The number of amides is 4. The van der Waals surface area contributed by atoms with Crippen molar-refractivity contribution in [2.24, 2.45) is 0 Å². The van der Waals surface area contributed by atoms with E-state index in [1.807, 2.05) is 5.32 Å². The van der Waals surface area contributed by atoms with E-state index in [4.69, 9.17) is 11.6 Å². The first-order valence-electron chi connectivity index (χ1n) is 8.46. The first-order valence-corrected chi connectivity index (χ1v) is 8.84. The Morgan fingerprint density at radius 3 is 2.43 bits per heavy atom. The molecule has 2 aromatic carbocycles. The molecule has 30 heavy (non-hydrogen) atoms. The molecule has 0 bridgehead atoms. The highest BCUT2D eigenvalue weighted by molar-refractivity contribution is 6.32. The number of nitrogens with one attached hydrogen (secondary N) is 2. The largest absolute Gasteiger partial charge is 0.416 e. The Balaban J connectivity index is 0.00000256. The number of benzene rings is 2. The van der Waals surface area contributed by atoms with Gasteiger partial charge in [-0.25, -0.2) is 4.79 Å². The van der Waals surface area contributed by atoms with E-state index in [1.165, 1.54) is 23.1 Å². The fourth-order valence-corrected chi connectivity index (χ4v) is 4.05. The lowest BCUT2D eigenvalue weighted by molar-refractivity contribution is -0.137. The number of rotatable bonds is 2. The van der Waals surface area contributed by atoms with Gasteiger partial charge in [0.15, 0.2) is 0 Å². The predicted octanol–water partition coefficient (Wildman–Crippen LogP) is 3.88. The standard InChI is InChI=1S/C19H13ClF3N3O3.CH4/c1-9-5-12(20)7-13-14(9)26(16(28)18(13)15(27)24-17(29)25-18)8-10-3-2-4-11(6-10)19(21,22)23;/h2-7H,8H2,1H3,(H2,24,25,27,29);1H4. The van der Waals surface area contributed by atoms with Crippen molar-refractivity contribution in [3.8, 4) is 0 Å². The van der Waals surface area contributed by atoms with Crippen LogP contribution in [0.15, 0.2) is 36.4 Å². The molecule has 1 unspecified atom stereocenters. The van der Waals surface area contributed by atoms with Crippen LogP contribution >= 0.6 is 11.6 Å². The van der Waals surface area contributed by atoms with Gasteiger partial charge in [0, 0.05) is 10.6 Å². The molecule has 0 aromatic heterocycles. The number of hydrogen-bond acceptors (Lipinski definition) is 3. The minimum atomic E-state index is -4.53. The van der Waals surface area contributed by atoms with Crippen molar-refractivity contribution in [3.63, 3.8) is 0 Å². The van der Waals surface area contributed by atoms with E-state index in [1.54, 1.807) is 13.0 Å². The minimum Gasteiger partial charge on any atom is -0.312 e. The molecule has 1 spiro atoms. The Hall–Kier alpha value is -3.07. The summed E-state index contributed by atoms with van der Waals surface area (Å²) in [6.07, 6.45) is -4.53. The summed E-state index contributed by atoms with van der Waals surface area (Å²) < 4.78 is 39.1. The molecule has 0 radical (unpaired) electrons. The highest BCUT2D eigenvalue weighted by Crippen LogP contribution is 2.46. The maximum absolute atomic E-state index is 13.3. The van der Waals surface area contributed by atoms with E-state index in [2.05, 4.69) is 5.32 Å². The number of nitrogens with zero attached hydrogens (tertiary/aromatic N) is 1. The van der Waals surface area contributed by atoms with Crippen molar-refractivity contribution in [2.75, 3.05) is 4.90 Å². The van der Waals surface area contributed by atoms with Crippen LogP contribution in [0, 0.1) is 6.92 Å². The first kappa shape index (κ1) is 21.6. The van der Waals surface area contributed by atoms with E-state index in [-0.39, 0.29) is 30.1 Å². The van der Waals surface area contributed by atoms with Crippen LogP contribution in [0.2, 0.25) is 5.02 Å². The molecule has 2 aromatic rings. The number of carbonyl (C=O) groups is 3. The van der Waals surface area contributed by atoms with E-state index >= 15 is 0 Å². The van der Waals surface area contributed by atoms with Gasteiger partial charge in [-0.2, -0.15) is 13.2 Å². The molecule has 158 valence electrons. The van der Waals surface area contributed by atoms with Gasteiger partial charge in [-0.1, -0.05) is 31.2 Å². The third kappa shape index (κ3) is 3.09. The second-order valence-corrected chi connectivity index (χ2v) is 7.30. The summed E-state index contributed by atoms with van der Waals surface area (Å²) in [4.78, 5) is 38.8. The van der Waals surface area contributed by atoms with Gasteiger partial charge in [0.25, 0.3) is 11.8 Å². The predicted molar refractivity (Wildman–Crippen MR) is 104 cm³/mol.